The molecule has 0 saturated carbocycles. The van der Waals surface area contributed by atoms with Crippen molar-refractivity contribution >= 4 is 17.3 Å². The van der Waals surface area contributed by atoms with E-state index in [-0.39, 0.29) is 5.91 Å². The first-order valence-electron chi connectivity index (χ1n) is 7.91. The average Bonchev–Trinajstić information content (AvgIpc) is 3.02. The number of rotatable bonds is 4. The Labute approximate surface area is 132 Å². The van der Waals surface area contributed by atoms with Crippen LogP contribution >= 0.6 is 0 Å². The van der Waals surface area contributed by atoms with Gasteiger partial charge in [0.15, 0.2) is 0 Å². The van der Waals surface area contributed by atoms with E-state index >= 15 is 0 Å². The van der Waals surface area contributed by atoms with Gasteiger partial charge in [-0.2, -0.15) is 0 Å². The number of carbonyl (C=O) groups is 1. The van der Waals surface area contributed by atoms with Gasteiger partial charge in [-0.25, -0.2) is 0 Å². The lowest BCUT2D eigenvalue weighted by molar-refractivity contribution is -0.115. The van der Waals surface area contributed by atoms with Crippen LogP contribution in [-0.4, -0.2) is 19.0 Å². The van der Waals surface area contributed by atoms with E-state index in [2.05, 4.69) is 34.5 Å². The molecule has 1 heterocycles. The van der Waals surface area contributed by atoms with Gasteiger partial charge in [-0.1, -0.05) is 24.3 Å². The number of aryl methyl sites for hydroxylation is 1. The second-order valence-electron chi connectivity index (χ2n) is 5.96. The van der Waals surface area contributed by atoms with E-state index in [1.807, 2.05) is 31.2 Å². The van der Waals surface area contributed by atoms with E-state index in [0.29, 0.717) is 6.42 Å². The van der Waals surface area contributed by atoms with E-state index in [1.54, 1.807) is 0 Å². The zero-order chi connectivity index (χ0) is 15.4. The highest BCUT2D eigenvalue weighted by Crippen LogP contribution is 2.20. The number of anilines is 2. The fourth-order valence-corrected chi connectivity index (χ4v) is 2.91. The van der Waals surface area contributed by atoms with Crippen molar-refractivity contribution in [2.24, 2.45) is 0 Å². The molecule has 1 fully saturated rings. The normalized spacial score (nSPS) is 14.1. The molecule has 2 aromatic rings. The minimum Gasteiger partial charge on any atom is -0.372 e. The van der Waals surface area contributed by atoms with Crippen molar-refractivity contribution in [3.05, 3.63) is 59.7 Å². The molecule has 3 nitrogen and oxygen atoms in total. The highest BCUT2D eigenvalue weighted by molar-refractivity contribution is 5.92. The summed E-state index contributed by atoms with van der Waals surface area (Å²) in [4.78, 5) is 14.5. The summed E-state index contributed by atoms with van der Waals surface area (Å²) in [5.41, 5.74) is 4.32. The van der Waals surface area contributed by atoms with Gasteiger partial charge in [0.1, 0.15) is 0 Å². The summed E-state index contributed by atoms with van der Waals surface area (Å²) in [5.74, 6) is 0.0273. The van der Waals surface area contributed by atoms with Crippen molar-refractivity contribution in [1.29, 1.82) is 0 Å². The number of carbonyl (C=O) groups excluding carboxylic acids is 1. The third-order valence-electron chi connectivity index (χ3n) is 4.07. The molecule has 1 saturated heterocycles. The zero-order valence-corrected chi connectivity index (χ0v) is 13.0. The molecule has 3 rings (SSSR count). The number of nitrogens with one attached hydrogen (secondary N) is 1. The molecule has 0 atom stereocenters. The quantitative estimate of drug-likeness (QED) is 0.931. The van der Waals surface area contributed by atoms with Crippen molar-refractivity contribution in [3.8, 4) is 0 Å². The lowest BCUT2D eigenvalue weighted by atomic mass is 10.1. The molecule has 1 aliphatic heterocycles. The summed E-state index contributed by atoms with van der Waals surface area (Å²) < 4.78 is 0. The van der Waals surface area contributed by atoms with Gasteiger partial charge in [0.05, 0.1) is 6.42 Å². The van der Waals surface area contributed by atoms with E-state index in [0.717, 1.165) is 29.9 Å². The summed E-state index contributed by atoms with van der Waals surface area (Å²) in [7, 11) is 0. The smallest absolute Gasteiger partial charge is 0.228 e. The molecule has 1 aliphatic rings. The molecule has 22 heavy (non-hydrogen) atoms. The van der Waals surface area contributed by atoms with Crippen molar-refractivity contribution in [2.75, 3.05) is 23.3 Å². The summed E-state index contributed by atoms with van der Waals surface area (Å²) in [6.45, 7) is 4.31. The number of benzene rings is 2. The van der Waals surface area contributed by atoms with E-state index in [4.69, 9.17) is 0 Å². The monoisotopic (exact) mass is 294 g/mol. The molecule has 0 radical (unpaired) electrons. The van der Waals surface area contributed by atoms with Gasteiger partial charge in [0.2, 0.25) is 5.91 Å². The van der Waals surface area contributed by atoms with Gasteiger partial charge in [-0.05, 0) is 55.2 Å². The summed E-state index contributed by atoms with van der Waals surface area (Å²) in [6.07, 6.45) is 2.97. The molecular weight excluding hydrogens is 272 g/mol. The predicted octanol–water partition coefficient (Wildman–Crippen LogP) is 3.78. The standard InChI is InChI=1S/C19H22N2O/c1-15-5-4-6-17(13-15)20-19(22)14-16-7-9-18(10-8-16)21-11-2-3-12-21/h4-10,13H,2-3,11-12,14H2,1H3,(H,20,22). The maximum absolute atomic E-state index is 12.1. The second-order valence-corrected chi connectivity index (χ2v) is 5.96. The molecule has 1 N–H and O–H groups in total. The molecule has 0 aliphatic carbocycles. The first-order valence-corrected chi connectivity index (χ1v) is 7.91. The Balaban J connectivity index is 1.59. The largest absolute Gasteiger partial charge is 0.372 e. The Morgan fingerprint density at radius 3 is 2.50 bits per heavy atom. The maximum Gasteiger partial charge on any atom is 0.228 e. The second kappa shape index (κ2) is 6.65. The predicted molar refractivity (Wildman–Crippen MR) is 91.4 cm³/mol. The van der Waals surface area contributed by atoms with Crippen LogP contribution in [0.1, 0.15) is 24.0 Å². The highest BCUT2D eigenvalue weighted by atomic mass is 16.1. The van der Waals surface area contributed by atoms with Crippen molar-refractivity contribution in [2.45, 2.75) is 26.2 Å². The van der Waals surface area contributed by atoms with Gasteiger partial charge < -0.3 is 10.2 Å². The lowest BCUT2D eigenvalue weighted by Crippen LogP contribution is -2.17. The minimum absolute atomic E-state index is 0.0273. The van der Waals surface area contributed by atoms with Crippen molar-refractivity contribution in [1.82, 2.24) is 0 Å². The Morgan fingerprint density at radius 2 is 1.82 bits per heavy atom. The highest BCUT2D eigenvalue weighted by Gasteiger charge is 2.12. The Morgan fingerprint density at radius 1 is 1.09 bits per heavy atom. The zero-order valence-electron chi connectivity index (χ0n) is 13.0. The molecule has 0 aromatic heterocycles. The number of nitrogens with zero attached hydrogens (tertiary/aromatic N) is 1. The number of hydrogen-bond donors (Lipinski definition) is 1. The van der Waals surface area contributed by atoms with Crippen LogP contribution in [-0.2, 0) is 11.2 Å². The average molecular weight is 294 g/mol. The first-order chi connectivity index (χ1) is 10.7. The molecule has 0 bridgehead atoms. The van der Waals surface area contributed by atoms with Gasteiger partial charge >= 0.3 is 0 Å². The molecule has 0 unspecified atom stereocenters. The third kappa shape index (κ3) is 3.67. The summed E-state index contributed by atoms with van der Waals surface area (Å²) in [5, 5.41) is 2.95. The van der Waals surface area contributed by atoms with Crippen LogP contribution in [0.5, 0.6) is 0 Å². The molecule has 2 aromatic carbocycles. The Bertz CT molecular complexity index is 643. The summed E-state index contributed by atoms with van der Waals surface area (Å²) >= 11 is 0. The van der Waals surface area contributed by atoms with Crippen molar-refractivity contribution < 1.29 is 4.79 Å². The maximum atomic E-state index is 12.1. The van der Waals surface area contributed by atoms with Gasteiger partial charge in [0, 0.05) is 24.5 Å². The van der Waals surface area contributed by atoms with Crippen LogP contribution in [0.4, 0.5) is 11.4 Å². The molecule has 114 valence electrons. The Hall–Kier alpha value is -2.29. The third-order valence-corrected chi connectivity index (χ3v) is 4.07. The fraction of sp³-hybridized carbons (Fsp3) is 0.316. The minimum atomic E-state index is 0.0273. The van der Waals surface area contributed by atoms with Gasteiger partial charge in [-0.3, -0.25) is 4.79 Å². The fourth-order valence-electron chi connectivity index (χ4n) is 2.91. The van der Waals surface area contributed by atoms with Crippen LogP contribution in [0.2, 0.25) is 0 Å². The molecule has 0 spiro atoms. The van der Waals surface area contributed by atoms with Crippen LogP contribution < -0.4 is 10.2 Å². The first kappa shape index (κ1) is 14.6. The number of amides is 1. The SMILES string of the molecule is Cc1cccc(NC(=O)Cc2ccc(N3CCCC3)cc2)c1. The van der Waals surface area contributed by atoms with E-state index in [9.17, 15) is 4.79 Å². The lowest BCUT2D eigenvalue weighted by Gasteiger charge is -2.17. The van der Waals surface area contributed by atoms with Crippen molar-refractivity contribution in [3.63, 3.8) is 0 Å². The van der Waals surface area contributed by atoms with Gasteiger partial charge in [0.25, 0.3) is 0 Å². The van der Waals surface area contributed by atoms with E-state index < -0.39 is 0 Å². The van der Waals surface area contributed by atoms with Crippen LogP contribution in [0.25, 0.3) is 0 Å². The van der Waals surface area contributed by atoms with E-state index in [1.165, 1.54) is 18.5 Å². The molecule has 1 amide bonds. The number of hydrogen-bond acceptors (Lipinski definition) is 2. The molecule has 3 heteroatoms. The summed E-state index contributed by atoms with van der Waals surface area (Å²) in [6, 6.07) is 16.2. The van der Waals surface area contributed by atoms with Crippen LogP contribution in [0.15, 0.2) is 48.5 Å². The van der Waals surface area contributed by atoms with Gasteiger partial charge in [-0.15, -0.1) is 0 Å². The molecular formula is C19H22N2O. The van der Waals surface area contributed by atoms with Crippen LogP contribution in [0, 0.1) is 6.92 Å². The van der Waals surface area contributed by atoms with Crippen LogP contribution in [0.3, 0.4) is 0 Å². The Kier molecular flexibility index (Phi) is 4.42. The topological polar surface area (TPSA) is 32.3 Å².